The van der Waals surface area contributed by atoms with Gasteiger partial charge in [-0.2, -0.15) is 0 Å². The van der Waals surface area contributed by atoms with Crippen LogP contribution in [0.4, 0.5) is 0 Å². The largest absolute Gasteiger partial charge is 0.345 e. The molecule has 116 valence electrons. The molecule has 5 nitrogen and oxygen atoms in total. The first kappa shape index (κ1) is 15.0. The Morgan fingerprint density at radius 3 is 2.26 bits per heavy atom. The lowest BCUT2D eigenvalue weighted by atomic mass is 10.1. The molecule has 0 aliphatic heterocycles. The molecule has 0 spiro atoms. The number of nitrogens with zero attached hydrogens (tertiary/aromatic N) is 4. The van der Waals surface area contributed by atoms with Crippen LogP contribution in [0, 0.1) is 6.92 Å². The maximum Gasteiger partial charge on any atom is 0.253 e. The van der Waals surface area contributed by atoms with E-state index < -0.39 is 0 Å². The molecule has 1 heterocycles. The number of benzene rings is 2. The van der Waals surface area contributed by atoms with Crippen LogP contribution in [0.2, 0.25) is 0 Å². The van der Waals surface area contributed by atoms with Gasteiger partial charge in [0.15, 0.2) is 0 Å². The number of aromatic nitrogens is 3. The predicted octanol–water partition coefficient (Wildman–Crippen LogP) is 2.94. The van der Waals surface area contributed by atoms with E-state index in [2.05, 4.69) is 41.5 Å². The second kappa shape index (κ2) is 6.04. The topological polar surface area (TPSA) is 51.0 Å². The second-order valence-electron chi connectivity index (χ2n) is 5.64. The molecule has 0 N–H and O–H groups in total. The molecule has 0 unspecified atom stereocenters. The average Bonchev–Trinajstić information content (AvgIpc) is 3.04. The fraction of sp³-hybridized carbons (Fsp3) is 0.167. The lowest BCUT2D eigenvalue weighted by molar-refractivity contribution is 0.0827. The molecule has 0 aliphatic rings. The molecule has 0 atom stereocenters. The Morgan fingerprint density at radius 1 is 1.00 bits per heavy atom. The molecule has 23 heavy (non-hydrogen) atoms. The summed E-state index contributed by atoms with van der Waals surface area (Å²) in [6.45, 7) is 2.06. The first-order valence-corrected chi connectivity index (χ1v) is 7.36. The molecule has 0 aliphatic carbocycles. The minimum Gasteiger partial charge on any atom is -0.345 e. The van der Waals surface area contributed by atoms with Gasteiger partial charge in [0.25, 0.3) is 5.91 Å². The number of rotatable bonds is 3. The van der Waals surface area contributed by atoms with Gasteiger partial charge < -0.3 is 4.90 Å². The monoisotopic (exact) mass is 306 g/mol. The van der Waals surface area contributed by atoms with Gasteiger partial charge in [0.05, 0.1) is 17.6 Å². The summed E-state index contributed by atoms with van der Waals surface area (Å²) in [5.74, 6) is -0.0195. The highest BCUT2D eigenvalue weighted by atomic mass is 16.2. The molecular formula is C18H18N4O. The summed E-state index contributed by atoms with van der Waals surface area (Å²) in [6.07, 6.45) is 1.74. The van der Waals surface area contributed by atoms with Gasteiger partial charge in [-0.05, 0) is 31.2 Å². The van der Waals surface area contributed by atoms with Crippen molar-refractivity contribution >= 4 is 5.91 Å². The number of aryl methyl sites for hydroxylation is 1. The van der Waals surface area contributed by atoms with Crippen LogP contribution in [0.1, 0.15) is 15.9 Å². The van der Waals surface area contributed by atoms with E-state index in [1.54, 1.807) is 42.0 Å². The van der Waals surface area contributed by atoms with Gasteiger partial charge in [-0.3, -0.25) is 4.79 Å². The van der Waals surface area contributed by atoms with Crippen molar-refractivity contribution in [1.82, 2.24) is 19.9 Å². The van der Waals surface area contributed by atoms with Crippen LogP contribution in [-0.4, -0.2) is 39.9 Å². The van der Waals surface area contributed by atoms with Crippen molar-refractivity contribution in [2.75, 3.05) is 14.1 Å². The van der Waals surface area contributed by atoms with E-state index in [4.69, 9.17) is 0 Å². The van der Waals surface area contributed by atoms with Gasteiger partial charge in [-0.1, -0.05) is 35.0 Å². The van der Waals surface area contributed by atoms with E-state index in [0.29, 0.717) is 5.56 Å². The van der Waals surface area contributed by atoms with E-state index in [0.717, 1.165) is 16.9 Å². The molecule has 0 fully saturated rings. The minimum absolute atomic E-state index is 0.0195. The molecular weight excluding hydrogens is 288 g/mol. The smallest absolute Gasteiger partial charge is 0.253 e. The van der Waals surface area contributed by atoms with Crippen molar-refractivity contribution in [3.8, 4) is 16.9 Å². The van der Waals surface area contributed by atoms with Gasteiger partial charge in [0, 0.05) is 25.2 Å². The number of hydrogen-bond acceptors (Lipinski definition) is 3. The number of carbonyl (C=O) groups excluding carboxylic acids is 1. The van der Waals surface area contributed by atoms with E-state index in [1.807, 2.05) is 12.1 Å². The van der Waals surface area contributed by atoms with Crippen LogP contribution in [0.3, 0.4) is 0 Å². The van der Waals surface area contributed by atoms with Gasteiger partial charge in [0.1, 0.15) is 0 Å². The molecule has 3 rings (SSSR count). The summed E-state index contributed by atoms with van der Waals surface area (Å²) in [5.41, 5.74) is 4.69. The summed E-state index contributed by atoms with van der Waals surface area (Å²) in [7, 11) is 3.48. The molecule has 0 radical (unpaired) electrons. The molecule has 5 heteroatoms. The first-order chi connectivity index (χ1) is 11.1. The van der Waals surface area contributed by atoms with Crippen LogP contribution in [0.5, 0.6) is 0 Å². The summed E-state index contributed by atoms with van der Waals surface area (Å²) in [6, 6.07) is 15.6. The van der Waals surface area contributed by atoms with Crippen LogP contribution < -0.4 is 0 Å². The fourth-order valence-corrected chi connectivity index (χ4v) is 2.35. The Labute approximate surface area is 135 Å². The molecule has 0 saturated heterocycles. The predicted molar refractivity (Wildman–Crippen MR) is 89.5 cm³/mol. The average molecular weight is 306 g/mol. The Balaban J connectivity index is 1.96. The zero-order chi connectivity index (χ0) is 16.4. The SMILES string of the molecule is Cc1ccc(-c2cnnn2-c2ccc(C(=O)N(C)C)cc2)cc1. The van der Waals surface area contributed by atoms with Gasteiger partial charge in [0.2, 0.25) is 0 Å². The number of amides is 1. The molecule has 1 aromatic heterocycles. The fourth-order valence-electron chi connectivity index (χ4n) is 2.35. The maximum absolute atomic E-state index is 12.0. The van der Waals surface area contributed by atoms with Crippen molar-refractivity contribution in [1.29, 1.82) is 0 Å². The zero-order valence-corrected chi connectivity index (χ0v) is 13.4. The van der Waals surface area contributed by atoms with Crippen molar-refractivity contribution in [3.63, 3.8) is 0 Å². The Morgan fingerprint density at radius 2 is 1.65 bits per heavy atom. The molecule has 3 aromatic rings. The Hall–Kier alpha value is -2.95. The Kier molecular flexibility index (Phi) is 3.93. The highest BCUT2D eigenvalue weighted by Crippen LogP contribution is 2.22. The van der Waals surface area contributed by atoms with Crippen LogP contribution >= 0.6 is 0 Å². The van der Waals surface area contributed by atoms with Crippen LogP contribution in [-0.2, 0) is 0 Å². The van der Waals surface area contributed by atoms with Crippen LogP contribution in [0.15, 0.2) is 54.7 Å². The van der Waals surface area contributed by atoms with E-state index in [-0.39, 0.29) is 5.91 Å². The summed E-state index contributed by atoms with van der Waals surface area (Å²) >= 11 is 0. The van der Waals surface area contributed by atoms with Crippen molar-refractivity contribution < 1.29 is 4.79 Å². The molecule has 1 amide bonds. The molecule has 2 aromatic carbocycles. The zero-order valence-electron chi connectivity index (χ0n) is 13.4. The van der Waals surface area contributed by atoms with Crippen molar-refractivity contribution in [2.24, 2.45) is 0 Å². The normalized spacial score (nSPS) is 10.6. The highest BCUT2D eigenvalue weighted by molar-refractivity contribution is 5.94. The van der Waals surface area contributed by atoms with E-state index >= 15 is 0 Å². The van der Waals surface area contributed by atoms with Gasteiger partial charge in [-0.25, -0.2) is 4.68 Å². The van der Waals surface area contributed by atoms with Gasteiger partial charge >= 0.3 is 0 Å². The first-order valence-electron chi connectivity index (χ1n) is 7.36. The van der Waals surface area contributed by atoms with Crippen LogP contribution in [0.25, 0.3) is 16.9 Å². The van der Waals surface area contributed by atoms with E-state index in [1.165, 1.54) is 5.56 Å². The number of hydrogen-bond donors (Lipinski definition) is 0. The van der Waals surface area contributed by atoms with Crippen molar-refractivity contribution in [2.45, 2.75) is 6.92 Å². The summed E-state index contributed by atoms with van der Waals surface area (Å²) < 4.78 is 1.77. The van der Waals surface area contributed by atoms with Gasteiger partial charge in [-0.15, -0.1) is 5.10 Å². The quantitative estimate of drug-likeness (QED) is 0.747. The lowest BCUT2D eigenvalue weighted by Gasteiger charge is -2.11. The Bertz CT molecular complexity index is 817. The second-order valence-corrected chi connectivity index (χ2v) is 5.64. The third-order valence-electron chi connectivity index (χ3n) is 3.66. The lowest BCUT2D eigenvalue weighted by Crippen LogP contribution is -2.21. The van der Waals surface area contributed by atoms with Crippen molar-refractivity contribution in [3.05, 3.63) is 65.9 Å². The minimum atomic E-state index is -0.0195. The number of carbonyl (C=O) groups is 1. The molecule has 0 bridgehead atoms. The standard InChI is InChI=1S/C18H18N4O/c1-13-4-6-14(7-5-13)17-12-19-20-22(17)16-10-8-15(9-11-16)18(23)21(2)3/h4-12H,1-3H3. The third kappa shape index (κ3) is 2.99. The maximum atomic E-state index is 12.0. The summed E-state index contributed by atoms with van der Waals surface area (Å²) in [4.78, 5) is 13.5. The third-order valence-corrected chi connectivity index (χ3v) is 3.66. The molecule has 0 saturated carbocycles. The highest BCUT2D eigenvalue weighted by Gasteiger charge is 2.11. The summed E-state index contributed by atoms with van der Waals surface area (Å²) in [5, 5.41) is 8.19. The van der Waals surface area contributed by atoms with E-state index in [9.17, 15) is 4.79 Å².